The van der Waals surface area contributed by atoms with E-state index in [4.69, 9.17) is 4.74 Å². The molecule has 0 saturated heterocycles. The molecule has 27 heavy (non-hydrogen) atoms. The molecule has 0 bridgehead atoms. The molecule has 0 atom stereocenters. The number of aryl methyl sites for hydroxylation is 1. The molecular formula is C22H26INO3. The van der Waals surface area contributed by atoms with Crippen molar-refractivity contribution in [2.75, 3.05) is 0 Å². The molecule has 0 saturated carbocycles. The minimum atomic E-state index is -0.512. The van der Waals surface area contributed by atoms with Crippen molar-refractivity contribution >= 4 is 34.5 Å². The van der Waals surface area contributed by atoms with Crippen LogP contribution in [0.1, 0.15) is 55.1 Å². The van der Waals surface area contributed by atoms with Crippen molar-refractivity contribution in [2.45, 2.75) is 52.2 Å². The van der Waals surface area contributed by atoms with Crippen LogP contribution in [0.4, 0.5) is 0 Å². The lowest BCUT2D eigenvalue weighted by Gasteiger charge is -2.19. The summed E-state index contributed by atoms with van der Waals surface area (Å²) in [7, 11) is 0. The summed E-state index contributed by atoms with van der Waals surface area (Å²) >= 11 is 2.28. The lowest BCUT2D eigenvalue weighted by Crippen LogP contribution is -2.24. The topological polar surface area (TPSA) is 55.4 Å². The second kappa shape index (κ2) is 9.88. The van der Waals surface area contributed by atoms with Crippen LogP contribution in [0.3, 0.4) is 0 Å². The van der Waals surface area contributed by atoms with E-state index >= 15 is 0 Å². The van der Waals surface area contributed by atoms with Crippen LogP contribution in [0.15, 0.2) is 48.5 Å². The van der Waals surface area contributed by atoms with Gasteiger partial charge in [-0.1, -0.05) is 24.3 Å². The van der Waals surface area contributed by atoms with Crippen LogP contribution in [0.25, 0.3) is 0 Å². The highest BCUT2D eigenvalue weighted by atomic mass is 127. The average Bonchev–Trinajstić information content (AvgIpc) is 2.60. The molecule has 4 nitrogen and oxygen atoms in total. The van der Waals surface area contributed by atoms with Gasteiger partial charge in [0.2, 0.25) is 5.91 Å². The predicted octanol–water partition coefficient (Wildman–Crippen LogP) is 4.89. The lowest BCUT2D eigenvalue weighted by molar-refractivity contribution is -0.121. The van der Waals surface area contributed by atoms with Crippen molar-refractivity contribution in [1.29, 1.82) is 0 Å². The van der Waals surface area contributed by atoms with Gasteiger partial charge in [0.25, 0.3) is 0 Å². The Morgan fingerprint density at radius 1 is 0.963 bits per heavy atom. The van der Waals surface area contributed by atoms with Crippen LogP contribution < -0.4 is 5.32 Å². The van der Waals surface area contributed by atoms with Crippen molar-refractivity contribution in [3.63, 3.8) is 0 Å². The van der Waals surface area contributed by atoms with Crippen LogP contribution in [0, 0.1) is 3.57 Å². The monoisotopic (exact) mass is 479 g/mol. The van der Waals surface area contributed by atoms with Crippen molar-refractivity contribution < 1.29 is 14.3 Å². The van der Waals surface area contributed by atoms with E-state index in [0.717, 1.165) is 18.4 Å². The highest BCUT2D eigenvalue weighted by Gasteiger charge is 2.17. The molecule has 0 aliphatic heterocycles. The predicted molar refractivity (Wildman–Crippen MR) is 116 cm³/mol. The number of carbonyl (C=O) groups excluding carboxylic acids is 2. The van der Waals surface area contributed by atoms with Gasteiger partial charge in [-0.15, -0.1) is 0 Å². The summed E-state index contributed by atoms with van der Waals surface area (Å²) in [5, 5.41) is 2.92. The number of ether oxygens (including phenoxy) is 1. The molecule has 2 aromatic rings. The fourth-order valence-electron chi connectivity index (χ4n) is 2.49. The molecule has 0 unspecified atom stereocenters. The van der Waals surface area contributed by atoms with Crippen LogP contribution in [0.5, 0.6) is 0 Å². The molecule has 0 heterocycles. The normalized spacial score (nSPS) is 11.1. The molecule has 144 valence electrons. The third-order valence-electron chi connectivity index (χ3n) is 3.86. The second-order valence-corrected chi connectivity index (χ2v) is 8.70. The number of nitrogens with one attached hydrogen (secondary N) is 1. The molecule has 1 N–H and O–H groups in total. The summed E-state index contributed by atoms with van der Waals surface area (Å²) in [5.41, 5.74) is 2.20. The summed E-state index contributed by atoms with van der Waals surface area (Å²) < 4.78 is 6.55. The highest BCUT2D eigenvalue weighted by molar-refractivity contribution is 14.1. The van der Waals surface area contributed by atoms with Crippen LogP contribution in [-0.2, 0) is 22.5 Å². The molecule has 2 rings (SSSR count). The number of hydrogen-bond donors (Lipinski definition) is 1. The maximum atomic E-state index is 12.0. The van der Waals surface area contributed by atoms with Gasteiger partial charge in [-0.3, -0.25) is 4.79 Å². The van der Waals surface area contributed by atoms with Crippen LogP contribution in [0.2, 0.25) is 0 Å². The van der Waals surface area contributed by atoms with Gasteiger partial charge >= 0.3 is 5.97 Å². The number of esters is 1. The Kier molecular flexibility index (Phi) is 7.83. The standard InChI is InChI=1S/C22H26INO3/c1-22(2,3)27-21(26)18-11-7-17(8-12-18)15-24-20(25)6-4-5-16-9-13-19(23)14-10-16/h7-14H,4-6,15H2,1-3H3,(H,24,25). The van der Waals surface area contributed by atoms with E-state index < -0.39 is 5.60 Å². The van der Waals surface area contributed by atoms with Gasteiger partial charge in [0, 0.05) is 16.5 Å². The van der Waals surface area contributed by atoms with E-state index in [1.54, 1.807) is 12.1 Å². The summed E-state index contributed by atoms with van der Waals surface area (Å²) in [5.74, 6) is -0.301. The van der Waals surface area contributed by atoms with E-state index in [1.807, 2.05) is 32.9 Å². The van der Waals surface area contributed by atoms with Gasteiger partial charge in [0.15, 0.2) is 0 Å². The summed E-state index contributed by atoms with van der Waals surface area (Å²) in [6, 6.07) is 15.5. The quantitative estimate of drug-likeness (QED) is 0.455. The maximum absolute atomic E-state index is 12.0. The smallest absolute Gasteiger partial charge is 0.338 e. The molecule has 0 spiro atoms. The zero-order chi connectivity index (χ0) is 19.9. The summed E-state index contributed by atoms with van der Waals surface area (Å²) in [6.07, 6.45) is 2.22. The molecule has 0 radical (unpaired) electrons. The van der Waals surface area contributed by atoms with Crippen LogP contribution in [-0.4, -0.2) is 17.5 Å². The Labute approximate surface area is 174 Å². The zero-order valence-electron chi connectivity index (χ0n) is 16.0. The summed E-state index contributed by atoms with van der Waals surface area (Å²) in [4.78, 5) is 24.0. The fourth-order valence-corrected chi connectivity index (χ4v) is 2.85. The van der Waals surface area contributed by atoms with E-state index in [0.29, 0.717) is 18.5 Å². The van der Waals surface area contributed by atoms with Crippen molar-refractivity contribution in [3.05, 3.63) is 68.8 Å². The molecule has 1 amide bonds. The first kappa shape index (κ1) is 21.4. The number of benzene rings is 2. The Morgan fingerprint density at radius 3 is 2.15 bits per heavy atom. The molecule has 2 aromatic carbocycles. The molecular weight excluding hydrogens is 453 g/mol. The number of rotatable bonds is 7. The van der Waals surface area contributed by atoms with Gasteiger partial charge in [-0.2, -0.15) is 0 Å². The van der Waals surface area contributed by atoms with E-state index in [9.17, 15) is 9.59 Å². The first-order valence-electron chi connectivity index (χ1n) is 9.06. The molecule has 0 aromatic heterocycles. The number of hydrogen-bond acceptors (Lipinski definition) is 3. The Hall–Kier alpha value is -1.89. The first-order chi connectivity index (χ1) is 12.7. The number of amides is 1. The van der Waals surface area contributed by atoms with Crippen molar-refractivity contribution in [2.24, 2.45) is 0 Å². The Balaban J connectivity index is 1.73. The lowest BCUT2D eigenvalue weighted by atomic mass is 10.1. The minimum Gasteiger partial charge on any atom is -0.456 e. The van der Waals surface area contributed by atoms with E-state index in [1.165, 1.54) is 9.13 Å². The van der Waals surface area contributed by atoms with Gasteiger partial charge in [0.1, 0.15) is 5.60 Å². The van der Waals surface area contributed by atoms with E-state index in [-0.39, 0.29) is 11.9 Å². The van der Waals surface area contributed by atoms with Crippen molar-refractivity contribution in [3.8, 4) is 0 Å². The summed E-state index contributed by atoms with van der Waals surface area (Å²) in [6.45, 7) is 5.98. The van der Waals surface area contributed by atoms with Gasteiger partial charge < -0.3 is 10.1 Å². The third-order valence-corrected chi connectivity index (χ3v) is 4.58. The minimum absolute atomic E-state index is 0.0386. The molecule has 0 aliphatic carbocycles. The van der Waals surface area contributed by atoms with Crippen molar-refractivity contribution in [1.82, 2.24) is 5.32 Å². The largest absolute Gasteiger partial charge is 0.456 e. The number of halogens is 1. The van der Waals surface area contributed by atoms with Gasteiger partial charge in [-0.25, -0.2) is 4.79 Å². The second-order valence-electron chi connectivity index (χ2n) is 7.46. The molecule has 0 aliphatic rings. The number of carbonyl (C=O) groups is 2. The van der Waals surface area contributed by atoms with Crippen LogP contribution >= 0.6 is 22.6 Å². The Bertz CT molecular complexity index is 762. The molecule has 0 fully saturated rings. The Morgan fingerprint density at radius 2 is 1.56 bits per heavy atom. The molecule has 5 heteroatoms. The van der Waals surface area contributed by atoms with Gasteiger partial charge in [0.05, 0.1) is 5.56 Å². The SMILES string of the molecule is CC(C)(C)OC(=O)c1ccc(CNC(=O)CCCc2ccc(I)cc2)cc1. The first-order valence-corrected chi connectivity index (χ1v) is 10.1. The van der Waals surface area contributed by atoms with Gasteiger partial charge in [-0.05, 0) is 91.6 Å². The zero-order valence-corrected chi connectivity index (χ0v) is 18.2. The highest BCUT2D eigenvalue weighted by Crippen LogP contribution is 2.13. The third kappa shape index (κ3) is 8.12. The van der Waals surface area contributed by atoms with E-state index in [2.05, 4.69) is 52.2 Å². The fraction of sp³-hybridized carbons (Fsp3) is 0.364. The average molecular weight is 479 g/mol. The maximum Gasteiger partial charge on any atom is 0.338 e.